The molecule has 1 aromatic carbocycles. The highest BCUT2D eigenvalue weighted by atomic mass is 35.5. The van der Waals surface area contributed by atoms with E-state index in [-0.39, 0.29) is 11.3 Å². The van der Waals surface area contributed by atoms with Gasteiger partial charge in [-0.25, -0.2) is 0 Å². The number of nitrogens with zero attached hydrogens (tertiary/aromatic N) is 3. The molecule has 3 rings (SSSR count). The van der Waals surface area contributed by atoms with Crippen molar-refractivity contribution in [3.05, 3.63) is 44.4 Å². The highest BCUT2D eigenvalue weighted by molar-refractivity contribution is 7.99. The van der Waals surface area contributed by atoms with E-state index in [0.29, 0.717) is 27.2 Å². The molecule has 21 heavy (non-hydrogen) atoms. The summed E-state index contributed by atoms with van der Waals surface area (Å²) >= 11 is 14.9. The Morgan fingerprint density at radius 1 is 1.38 bits per heavy atom. The number of rotatable bonds is 2. The number of carbonyl (C=O) groups is 1. The number of amides is 1. The largest absolute Gasteiger partial charge is 0.321 e. The van der Waals surface area contributed by atoms with Crippen molar-refractivity contribution in [3.8, 4) is 0 Å². The molecule has 2 aromatic rings. The molecule has 0 radical (unpaired) electrons. The molecule has 1 aliphatic heterocycles. The number of benzene rings is 1. The van der Waals surface area contributed by atoms with Crippen LogP contribution >= 0.6 is 46.5 Å². The zero-order valence-corrected chi connectivity index (χ0v) is 14.2. The molecule has 1 aromatic heterocycles. The lowest BCUT2D eigenvalue weighted by atomic mass is 10.2. The van der Waals surface area contributed by atoms with Gasteiger partial charge in [0.1, 0.15) is 10.3 Å². The van der Waals surface area contributed by atoms with Gasteiger partial charge in [-0.1, -0.05) is 33.8 Å². The van der Waals surface area contributed by atoms with Gasteiger partial charge in [0.25, 0.3) is 5.91 Å². The summed E-state index contributed by atoms with van der Waals surface area (Å²) < 4.78 is 3.84. The second kappa shape index (κ2) is 6.12. The van der Waals surface area contributed by atoms with Crippen LogP contribution in [0.5, 0.6) is 0 Å². The summed E-state index contributed by atoms with van der Waals surface area (Å²) in [7, 11) is 0. The molecular formula is C13H11Cl2N3OS2. The predicted molar refractivity (Wildman–Crippen MR) is 87.3 cm³/mol. The van der Waals surface area contributed by atoms with Gasteiger partial charge in [-0.3, -0.25) is 4.79 Å². The van der Waals surface area contributed by atoms with Crippen LogP contribution in [0.1, 0.15) is 26.3 Å². The van der Waals surface area contributed by atoms with Crippen molar-refractivity contribution in [1.29, 1.82) is 0 Å². The topological polar surface area (TPSA) is 46.1 Å². The number of aryl methyl sites for hydroxylation is 1. The van der Waals surface area contributed by atoms with Crippen LogP contribution in [0, 0.1) is 6.92 Å². The first-order valence-corrected chi connectivity index (χ1v) is 8.82. The van der Waals surface area contributed by atoms with E-state index in [1.807, 2.05) is 17.0 Å². The lowest BCUT2D eigenvalue weighted by molar-refractivity contribution is 0.0764. The average molecular weight is 360 g/mol. The maximum Gasteiger partial charge on any atom is 0.268 e. The molecule has 1 aliphatic rings. The van der Waals surface area contributed by atoms with Crippen LogP contribution in [0.25, 0.3) is 0 Å². The minimum atomic E-state index is -0.0474. The number of halogens is 2. The first-order valence-electron chi connectivity index (χ1n) is 6.24. The van der Waals surface area contributed by atoms with Gasteiger partial charge in [0.15, 0.2) is 0 Å². The van der Waals surface area contributed by atoms with E-state index in [9.17, 15) is 4.79 Å². The third-order valence-electron chi connectivity index (χ3n) is 3.23. The van der Waals surface area contributed by atoms with Gasteiger partial charge in [-0.2, -0.15) is 0 Å². The Morgan fingerprint density at radius 2 is 2.19 bits per heavy atom. The molecule has 1 unspecified atom stereocenters. The number of thioether (sulfide) groups is 1. The predicted octanol–water partition coefficient (Wildman–Crippen LogP) is 4.04. The first-order chi connectivity index (χ1) is 10.1. The minimum Gasteiger partial charge on any atom is -0.321 e. The van der Waals surface area contributed by atoms with E-state index >= 15 is 0 Å². The average Bonchev–Trinajstić information content (AvgIpc) is 3.10. The molecule has 0 bridgehead atoms. The molecule has 1 saturated heterocycles. The van der Waals surface area contributed by atoms with Crippen LogP contribution in [0.15, 0.2) is 18.2 Å². The van der Waals surface area contributed by atoms with Crippen molar-refractivity contribution >= 4 is 52.4 Å². The Balaban J connectivity index is 1.90. The second-order valence-electron chi connectivity index (χ2n) is 4.58. The summed E-state index contributed by atoms with van der Waals surface area (Å²) in [5, 5.41) is 4.88. The van der Waals surface area contributed by atoms with Crippen LogP contribution in [0.4, 0.5) is 0 Å². The van der Waals surface area contributed by atoms with Crippen molar-refractivity contribution in [1.82, 2.24) is 14.5 Å². The van der Waals surface area contributed by atoms with Crippen molar-refractivity contribution in [2.45, 2.75) is 12.3 Å². The molecule has 4 nitrogen and oxygen atoms in total. The maximum absolute atomic E-state index is 12.6. The Kier molecular flexibility index (Phi) is 4.40. The summed E-state index contributed by atoms with van der Waals surface area (Å²) in [5.41, 5.74) is 1.66. The molecule has 110 valence electrons. The van der Waals surface area contributed by atoms with Gasteiger partial charge in [0, 0.05) is 12.3 Å². The number of aromatic nitrogens is 2. The van der Waals surface area contributed by atoms with Gasteiger partial charge in [0.2, 0.25) is 0 Å². The zero-order chi connectivity index (χ0) is 15.0. The van der Waals surface area contributed by atoms with E-state index in [0.717, 1.165) is 22.8 Å². The molecule has 1 amide bonds. The van der Waals surface area contributed by atoms with Crippen LogP contribution in [0.2, 0.25) is 10.0 Å². The Bertz CT molecular complexity index is 692. The van der Waals surface area contributed by atoms with Gasteiger partial charge in [0.05, 0.1) is 15.7 Å². The zero-order valence-electron chi connectivity index (χ0n) is 11.0. The molecule has 0 N–H and O–H groups in total. The Labute approximate surface area is 140 Å². The standard InChI is InChI=1S/C13H11Cl2N3OS2/c1-7-11(21-17-16-7)12(19)18-4-5-20-13(18)8-2-3-9(14)10(15)6-8/h2-3,6,13H,4-5H2,1H3. The minimum absolute atomic E-state index is 0.0245. The molecule has 2 heterocycles. The summed E-state index contributed by atoms with van der Waals surface area (Å²) in [6, 6.07) is 5.50. The van der Waals surface area contributed by atoms with Crippen LogP contribution in [-0.2, 0) is 0 Å². The van der Waals surface area contributed by atoms with Crippen molar-refractivity contribution in [3.63, 3.8) is 0 Å². The third kappa shape index (κ3) is 2.90. The van der Waals surface area contributed by atoms with Crippen LogP contribution < -0.4 is 0 Å². The van der Waals surface area contributed by atoms with Crippen LogP contribution in [-0.4, -0.2) is 32.7 Å². The van der Waals surface area contributed by atoms with E-state index in [1.165, 1.54) is 0 Å². The summed E-state index contributed by atoms with van der Waals surface area (Å²) in [6.07, 6.45) is 0. The highest BCUT2D eigenvalue weighted by Gasteiger charge is 2.33. The van der Waals surface area contributed by atoms with E-state index in [1.54, 1.807) is 24.8 Å². The SMILES string of the molecule is Cc1nnsc1C(=O)N1CCSC1c1ccc(Cl)c(Cl)c1. The van der Waals surface area contributed by atoms with Gasteiger partial charge in [-0.05, 0) is 36.2 Å². The fraction of sp³-hybridized carbons (Fsp3) is 0.308. The summed E-state index contributed by atoms with van der Waals surface area (Å²) in [4.78, 5) is 15.1. The van der Waals surface area contributed by atoms with Gasteiger partial charge >= 0.3 is 0 Å². The molecular weight excluding hydrogens is 349 g/mol. The quantitative estimate of drug-likeness (QED) is 0.811. The Morgan fingerprint density at radius 3 is 2.86 bits per heavy atom. The van der Waals surface area contributed by atoms with Crippen LogP contribution in [0.3, 0.4) is 0 Å². The smallest absolute Gasteiger partial charge is 0.268 e. The fourth-order valence-electron chi connectivity index (χ4n) is 2.18. The molecule has 1 fully saturated rings. The lowest BCUT2D eigenvalue weighted by Gasteiger charge is -2.23. The fourth-order valence-corrected chi connectivity index (χ4v) is 4.34. The second-order valence-corrected chi connectivity index (χ2v) is 7.34. The van der Waals surface area contributed by atoms with Gasteiger partial charge < -0.3 is 4.90 Å². The van der Waals surface area contributed by atoms with E-state index < -0.39 is 0 Å². The maximum atomic E-state index is 12.6. The van der Waals surface area contributed by atoms with E-state index in [2.05, 4.69) is 9.59 Å². The van der Waals surface area contributed by atoms with Gasteiger partial charge in [-0.15, -0.1) is 16.9 Å². The molecule has 1 atom stereocenters. The van der Waals surface area contributed by atoms with Crippen molar-refractivity contribution < 1.29 is 4.79 Å². The summed E-state index contributed by atoms with van der Waals surface area (Å²) in [5.74, 6) is 0.866. The molecule has 0 aliphatic carbocycles. The third-order valence-corrected chi connectivity index (χ3v) is 6.04. The molecule has 0 saturated carbocycles. The summed E-state index contributed by atoms with van der Waals surface area (Å²) in [6.45, 7) is 2.50. The van der Waals surface area contributed by atoms with Crippen molar-refractivity contribution in [2.24, 2.45) is 0 Å². The highest BCUT2D eigenvalue weighted by Crippen LogP contribution is 2.40. The number of carbonyl (C=O) groups excluding carboxylic acids is 1. The normalized spacial score (nSPS) is 18.2. The van der Waals surface area contributed by atoms with Crippen molar-refractivity contribution in [2.75, 3.05) is 12.3 Å². The molecule has 0 spiro atoms. The lowest BCUT2D eigenvalue weighted by Crippen LogP contribution is -2.30. The number of hydrogen-bond acceptors (Lipinski definition) is 5. The monoisotopic (exact) mass is 359 g/mol. The first kappa shape index (κ1) is 15.1. The number of hydrogen-bond donors (Lipinski definition) is 0. The Hall–Kier alpha value is -0.820. The van der Waals surface area contributed by atoms with E-state index in [4.69, 9.17) is 23.2 Å². The molecule has 8 heteroatoms.